The fourth-order valence-electron chi connectivity index (χ4n) is 3.25. The van der Waals surface area contributed by atoms with Crippen molar-refractivity contribution in [3.63, 3.8) is 0 Å². The third-order valence-corrected chi connectivity index (χ3v) is 4.44. The van der Waals surface area contributed by atoms with Crippen molar-refractivity contribution in [1.29, 1.82) is 0 Å². The number of rotatable bonds is 5. The van der Waals surface area contributed by atoms with E-state index >= 15 is 0 Å². The lowest BCUT2D eigenvalue weighted by molar-refractivity contribution is 0.0465. The van der Waals surface area contributed by atoms with E-state index in [0.29, 0.717) is 36.4 Å². The summed E-state index contributed by atoms with van der Waals surface area (Å²) in [7, 11) is 0. The fraction of sp³-hybridized carbons (Fsp3) is 0.400. The van der Waals surface area contributed by atoms with Gasteiger partial charge in [-0.1, -0.05) is 18.6 Å². The van der Waals surface area contributed by atoms with Gasteiger partial charge in [-0.2, -0.15) is 0 Å². The van der Waals surface area contributed by atoms with E-state index in [1.54, 1.807) is 23.6 Å². The molecule has 26 heavy (non-hydrogen) atoms. The number of fused-ring (bicyclic) bond motifs is 1. The molecule has 6 heteroatoms. The van der Waals surface area contributed by atoms with Crippen molar-refractivity contribution in [2.45, 2.75) is 45.8 Å². The van der Waals surface area contributed by atoms with Crippen molar-refractivity contribution in [3.05, 3.63) is 63.3 Å². The second-order valence-electron chi connectivity index (χ2n) is 6.27. The van der Waals surface area contributed by atoms with Gasteiger partial charge >= 0.3 is 5.97 Å². The number of ether oxygens (including phenoxy) is 2. The van der Waals surface area contributed by atoms with Gasteiger partial charge in [0, 0.05) is 18.3 Å². The Morgan fingerprint density at radius 3 is 2.85 bits per heavy atom. The minimum atomic E-state index is -0.552. The molecule has 0 saturated heterocycles. The molecule has 1 aliphatic rings. The Morgan fingerprint density at radius 1 is 1.23 bits per heavy atom. The molecule has 1 aromatic heterocycles. The minimum Gasteiger partial charge on any atom is -0.493 e. The molecule has 0 amide bonds. The molecule has 0 aliphatic carbocycles. The number of nitrogens with zero attached hydrogens (tertiary/aromatic N) is 1. The monoisotopic (exact) mass is 359 g/mol. The summed E-state index contributed by atoms with van der Waals surface area (Å²) >= 11 is 0. The molecule has 2 aromatic rings. The SMILES string of the molecule is CCOc1cc(=O)n2c(c1C(=O)OCc1cccc(F)c1)CCCCC2. The van der Waals surface area contributed by atoms with Crippen molar-refractivity contribution in [3.8, 4) is 5.75 Å². The Labute approximate surface area is 151 Å². The molecule has 1 aliphatic heterocycles. The highest BCUT2D eigenvalue weighted by molar-refractivity contribution is 5.93. The molecule has 0 saturated carbocycles. The van der Waals surface area contributed by atoms with Crippen LogP contribution in [0.3, 0.4) is 0 Å². The molecular formula is C20H22FNO4. The van der Waals surface area contributed by atoms with E-state index in [4.69, 9.17) is 9.47 Å². The van der Waals surface area contributed by atoms with E-state index < -0.39 is 5.97 Å². The Kier molecular flexibility index (Phi) is 5.71. The maximum atomic E-state index is 13.3. The highest BCUT2D eigenvalue weighted by atomic mass is 19.1. The number of pyridine rings is 1. The van der Waals surface area contributed by atoms with Gasteiger partial charge in [-0.05, 0) is 43.9 Å². The molecule has 2 heterocycles. The Balaban J connectivity index is 1.93. The van der Waals surface area contributed by atoms with Crippen LogP contribution in [0.2, 0.25) is 0 Å². The Bertz CT molecular complexity index is 859. The van der Waals surface area contributed by atoms with Crippen LogP contribution in [0.15, 0.2) is 35.1 Å². The molecule has 0 radical (unpaired) electrons. The van der Waals surface area contributed by atoms with E-state index in [0.717, 1.165) is 19.3 Å². The smallest absolute Gasteiger partial charge is 0.344 e. The second-order valence-corrected chi connectivity index (χ2v) is 6.27. The first-order valence-electron chi connectivity index (χ1n) is 8.91. The standard InChI is InChI=1S/C20H22FNO4/c1-2-25-17-12-18(23)22-10-5-3-4-9-16(22)19(17)20(24)26-13-14-7-6-8-15(21)11-14/h6-8,11-12H,2-5,9-10,13H2,1H3. The Morgan fingerprint density at radius 2 is 2.08 bits per heavy atom. The predicted octanol–water partition coefficient (Wildman–Crippen LogP) is 3.47. The molecule has 138 valence electrons. The van der Waals surface area contributed by atoms with Crippen LogP contribution in [-0.4, -0.2) is 17.1 Å². The van der Waals surface area contributed by atoms with Gasteiger partial charge in [0.1, 0.15) is 23.7 Å². The summed E-state index contributed by atoms with van der Waals surface area (Å²) in [6.45, 7) is 2.68. The van der Waals surface area contributed by atoms with Crippen molar-refractivity contribution < 1.29 is 18.7 Å². The van der Waals surface area contributed by atoms with Gasteiger partial charge in [-0.25, -0.2) is 9.18 Å². The first-order valence-corrected chi connectivity index (χ1v) is 8.91. The van der Waals surface area contributed by atoms with Crippen LogP contribution in [-0.2, 0) is 24.3 Å². The Hall–Kier alpha value is -2.63. The third-order valence-electron chi connectivity index (χ3n) is 4.44. The summed E-state index contributed by atoms with van der Waals surface area (Å²) in [5.41, 5.74) is 1.38. The zero-order chi connectivity index (χ0) is 18.5. The van der Waals surface area contributed by atoms with Crippen molar-refractivity contribution in [2.24, 2.45) is 0 Å². The number of esters is 1. The molecule has 0 spiro atoms. The molecule has 1 aromatic carbocycles. The zero-order valence-electron chi connectivity index (χ0n) is 14.8. The summed E-state index contributed by atoms with van der Waals surface area (Å²) in [4.78, 5) is 25.2. The maximum absolute atomic E-state index is 13.3. The van der Waals surface area contributed by atoms with Crippen molar-refractivity contribution in [2.75, 3.05) is 6.61 Å². The lowest BCUT2D eigenvalue weighted by atomic mass is 10.1. The number of hydrogen-bond acceptors (Lipinski definition) is 4. The highest BCUT2D eigenvalue weighted by Gasteiger charge is 2.25. The number of carbonyl (C=O) groups is 1. The summed E-state index contributed by atoms with van der Waals surface area (Å²) in [6, 6.07) is 7.28. The summed E-state index contributed by atoms with van der Waals surface area (Å²) in [6.07, 6.45) is 3.43. The van der Waals surface area contributed by atoms with Gasteiger partial charge in [0.25, 0.3) is 5.56 Å². The van der Waals surface area contributed by atoms with Crippen LogP contribution in [0.4, 0.5) is 4.39 Å². The molecule has 0 fully saturated rings. The predicted molar refractivity (Wildman–Crippen MR) is 94.9 cm³/mol. The summed E-state index contributed by atoms with van der Waals surface area (Å²) in [5.74, 6) is -0.674. The van der Waals surface area contributed by atoms with Gasteiger partial charge in [-0.15, -0.1) is 0 Å². The van der Waals surface area contributed by atoms with Gasteiger partial charge in [0.05, 0.1) is 6.61 Å². The molecule has 3 rings (SSSR count). The minimum absolute atomic E-state index is 0.0409. The summed E-state index contributed by atoms with van der Waals surface area (Å²) < 4.78 is 25.9. The van der Waals surface area contributed by atoms with Gasteiger partial charge in [0.15, 0.2) is 0 Å². The van der Waals surface area contributed by atoms with E-state index in [1.165, 1.54) is 18.2 Å². The average Bonchev–Trinajstić information content (AvgIpc) is 2.87. The molecule has 0 atom stereocenters. The lowest BCUT2D eigenvalue weighted by Gasteiger charge is -2.17. The number of aromatic nitrogens is 1. The fourth-order valence-corrected chi connectivity index (χ4v) is 3.25. The largest absolute Gasteiger partial charge is 0.493 e. The van der Waals surface area contributed by atoms with E-state index in [1.807, 2.05) is 0 Å². The maximum Gasteiger partial charge on any atom is 0.344 e. The van der Waals surface area contributed by atoms with Gasteiger partial charge in [-0.3, -0.25) is 4.79 Å². The summed E-state index contributed by atoms with van der Waals surface area (Å²) in [5, 5.41) is 0. The quantitative estimate of drug-likeness (QED) is 0.767. The first-order chi connectivity index (χ1) is 12.6. The van der Waals surface area contributed by atoms with Crippen LogP contribution in [0.25, 0.3) is 0 Å². The number of halogens is 1. The van der Waals surface area contributed by atoms with E-state index in [9.17, 15) is 14.0 Å². The van der Waals surface area contributed by atoms with Crippen LogP contribution >= 0.6 is 0 Å². The topological polar surface area (TPSA) is 57.5 Å². The van der Waals surface area contributed by atoms with Crippen molar-refractivity contribution >= 4 is 5.97 Å². The van der Waals surface area contributed by atoms with E-state index in [2.05, 4.69) is 0 Å². The molecule has 0 N–H and O–H groups in total. The van der Waals surface area contributed by atoms with E-state index in [-0.39, 0.29) is 23.7 Å². The number of carbonyl (C=O) groups excluding carboxylic acids is 1. The second kappa shape index (κ2) is 8.17. The number of benzene rings is 1. The lowest BCUT2D eigenvalue weighted by Crippen LogP contribution is -2.26. The zero-order valence-corrected chi connectivity index (χ0v) is 14.8. The average molecular weight is 359 g/mol. The van der Waals surface area contributed by atoms with Crippen molar-refractivity contribution in [1.82, 2.24) is 4.57 Å². The molecule has 0 bridgehead atoms. The van der Waals surface area contributed by atoms with Crippen LogP contribution in [0.1, 0.15) is 47.8 Å². The van der Waals surface area contributed by atoms with Gasteiger partial charge < -0.3 is 14.0 Å². The first kappa shape index (κ1) is 18.2. The number of hydrogen-bond donors (Lipinski definition) is 0. The van der Waals surface area contributed by atoms with Crippen LogP contribution in [0, 0.1) is 5.82 Å². The molecule has 0 unspecified atom stereocenters. The molecule has 5 nitrogen and oxygen atoms in total. The third kappa shape index (κ3) is 3.95. The van der Waals surface area contributed by atoms with Crippen LogP contribution in [0.5, 0.6) is 5.75 Å². The van der Waals surface area contributed by atoms with Gasteiger partial charge in [0.2, 0.25) is 0 Å². The molecular weight excluding hydrogens is 337 g/mol. The highest BCUT2D eigenvalue weighted by Crippen LogP contribution is 2.26. The normalized spacial score (nSPS) is 13.6. The van der Waals surface area contributed by atoms with Crippen LogP contribution < -0.4 is 10.3 Å².